The Morgan fingerprint density at radius 3 is 2.81 bits per heavy atom. The lowest BCUT2D eigenvalue weighted by molar-refractivity contribution is -0.138. The molecule has 0 amide bonds. The molecule has 2 rings (SSSR count). The molecule has 0 radical (unpaired) electrons. The third-order valence-electron chi connectivity index (χ3n) is 3.32. The summed E-state index contributed by atoms with van der Waals surface area (Å²) in [6.07, 6.45) is -0.0301. The number of ether oxygens (including phenoxy) is 1. The van der Waals surface area contributed by atoms with Gasteiger partial charge in [0, 0.05) is 6.61 Å². The fourth-order valence-electron chi connectivity index (χ4n) is 2.31. The van der Waals surface area contributed by atoms with Gasteiger partial charge in [-0.3, -0.25) is 4.79 Å². The Balaban J connectivity index is 2.35. The van der Waals surface area contributed by atoms with Crippen LogP contribution in [-0.4, -0.2) is 38.2 Å². The van der Waals surface area contributed by atoms with Gasteiger partial charge in [0.1, 0.15) is 4.90 Å². The molecule has 1 aliphatic heterocycles. The average Bonchev–Trinajstić information content (AvgIpc) is 2.78. The monoisotopic (exact) mass is 333 g/mol. The van der Waals surface area contributed by atoms with E-state index in [0.717, 1.165) is 5.56 Å². The maximum absolute atomic E-state index is 12.5. The summed E-state index contributed by atoms with van der Waals surface area (Å²) in [5.74, 6) is -1.08. The van der Waals surface area contributed by atoms with Crippen LogP contribution in [0, 0.1) is 6.92 Å². The van der Waals surface area contributed by atoms with Gasteiger partial charge in [-0.15, -0.1) is 0 Å². The van der Waals surface area contributed by atoms with E-state index in [2.05, 4.69) is 4.72 Å². The number of sulfonamides is 1. The molecule has 21 heavy (non-hydrogen) atoms. The van der Waals surface area contributed by atoms with Crippen LogP contribution in [0.4, 0.5) is 0 Å². The van der Waals surface area contributed by atoms with Gasteiger partial charge in [0.05, 0.1) is 23.6 Å². The van der Waals surface area contributed by atoms with E-state index in [1.54, 1.807) is 13.0 Å². The van der Waals surface area contributed by atoms with Gasteiger partial charge in [-0.1, -0.05) is 17.7 Å². The highest BCUT2D eigenvalue weighted by molar-refractivity contribution is 7.89. The normalized spacial score (nSPS) is 22.4. The summed E-state index contributed by atoms with van der Waals surface area (Å²) in [5, 5.41) is 9.08. The number of aliphatic carboxylic acids is 1. The Hall–Kier alpha value is -1.15. The van der Waals surface area contributed by atoms with Crippen LogP contribution in [-0.2, 0) is 19.6 Å². The molecule has 8 heteroatoms. The lowest BCUT2D eigenvalue weighted by Crippen LogP contribution is -2.50. The molecule has 1 aromatic rings. The molecular formula is C13H16ClNO5S. The summed E-state index contributed by atoms with van der Waals surface area (Å²) in [7, 11) is -3.93. The predicted molar refractivity (Wildman–Crippen MR) is 76.9 cm³/mol. The van der Waals surface area contributed by atoms with Crippen molar-refractivity contribution in [3.63, 3.8) is 0 Å². The molecule has 0 spiro atoms. The number of hydrogen-bond acceptors (Lipinski definition) is 4. The summed E-state index contributed by atoms with van der Waals surface area (Å²) in [6, 6.07) is 4.66. The lowest BCUT2D eigenvalue weighted by Gasteiger charge is -2.26. The van der Waals surface area contributed by atoms with Crippen LogP contribution in [0.25, 0.3) is 0 Å². The van der Waals surface area contributed by atoms with E-state index < -0.39 is 21.5 Å². The number of aryl methyl sites for hydroxylation is 1. The van der Waals surface area contributed by atoms with Gasteiger partial charge >= 0.3 is 5.97 Å². The number of nitrogens with one attached hydrogen (secondary N) is 1. The molecule has 1 saturated heterocycles. The van der Waals surface area contributed by atoms with Gasteiger partial charge in [0.15, 0.2) is 0 Å². The van der Waals surface area contributed by atoms with Crippen LogP contribution in [0.3, 0.4) is 0 Å². The molecule has 1 aliphatic rings. The van der Waals surface area contributed by atoms with Gasteiger partial charge in [-0.25, -0.2) is 13.1 Å². The topological polar surface area (TPSA) is 92.7 Å². The third kappa shape index (κ3) is 3.74. The minimum atomic E-state index is -3.93. The van der Waals surface area contributed by atoms with Crippen LogP contribution in [0.15, 0.2) is 23.1 Å². The number of carboxylic acids is 1. The molecule has 1 atom stereocenters. The fraction of sp³-hybridized carbons (Fsp3) is 0.462. The highest BCUT2D eigenvalue weighted by Gasteiger charge is 2.41. The largest absolute Gasteiger partial charge is 0.481 e. The number of hydrogen-bond donors (Lipinski definition) is 2. The SMILES string of the molecule is Cc1ccc(Cl)c(S(=O)(=O)NC2(CC(=O)O)CCOC2)c1. The first-order chi connectivity index (χ1) is 9.74. The van der Waals surface area contributed by atoms with Crippen molar-refractivity contribution in [2.75, 3.05) is 13.2 Å². The summed E-state index contributed by atoms with van der Waals surface area (Å²) in [6.45, 7) is 2.10. The number of carbonyl (C=O) groups is 1. The lowest BCUT2D eigenvalue weighted by atomic mass is 9.96. The van der Waals surface area contributed by atoms with Gasteiger partial charge in [0.2, 0.25) is 10.0 Å². The first kappa shape index (κ1) is 16.2. The van der Waals surface area contributed by atoms with E-state index in [1.807, 2.05) is 0 Å². The Labute approximate surface area is 128 Å². The Kier molecular flexibility index (Phi) is 4.57. The van der Waals surface area contributed by atoms with Crippen molar-refractivity contribution in [3.8, 4) is 0 Å². The highest BCUT2D eigenvalue weighted by atomic mass is 35.5. The Morgan fingerprint density at radius 2 is 2.24 bits per heavy atom. The molecule has 0 saturated carbocycles. The van der Waals surface area contributed by atoms with Crippen molar-refractivity contribution in [2.45, 2.75) is 30.2 Å². The van der Waals surface area contributed by atoms with Gasteiger partial charge in [-0.05, 0) is 31.0 Å². The molecule has 2 N–H and O–H groups in total. The van der Waals surface area contributed by atoms with E-state index in [9.17, 15) is 13.2 Å². The van der Waals surface area contributed by atoms with Crippen LogP contribution in [0.1, 0.15) is 18.4 Å². The quantitative estimate of drug-likeness (QED) is 0.853. The zero-order chi connectivity index (χ0) is 15.7. The third-order valence-corrected chi connectivity index (χ3v) is 5.38. The second kappa shape index (κ2) is 5.92. The molecule has 1 aromatic carbocycles. The molecule has 0 aromatic heterocycles. The molecule has 1 heterocycles. The van der Waals surface area contributed by atoms with Gasteiger partial charge in [-0.2, -0.15) is 0 Å². The van der Waals surface area contributed by atoms with Crippen molar-refractivity contribution in [2.24, 2.45) is 0 Å². The molecule has 0 bridgehead atoms. The minimum absolute atomic E-state index is 0.0297. The van der Waals surface area contributed by atoms with Crippen LogP contribution in [0.5, 0.6) is 0 Å². The smallest absolute Gasteiger partial charge is 0.305 e. The summed E-state index contributed by atoms with van der Waals surface area (Å²) in [4.78, 5) is 10.9. The van der Waals surface area contributed by atoms with Crippen molar-refractivity contribution < 1.29 is 23.1 Å². The second-order valence-electron chi connectivity index (χ2n) is 5.19. The molecule has 116 valence electrons. The Bertz CT molecular complexity index is 653. The number of carboxylic acid groups (broad SMARTS) is 1. The standard InChI is InChI=1S/C13H16ClNO5S/c1-9-2-3-10(14)11(6-9)21(18,19)15-13(7-12(16)17)4-5-20-8-13/h2-3,6,15H,4-5,7-8H2,1H3,(H,16,17). The summed E-state index contributed by atoms with van der Waals surface area (Å²) < 4.78 is 32.6. The molecule has 1 fully saturated rings. The van der Waals surface area contributed by atoms with E-state index in [1.165, 1.54) is 12.1 Å². The summed E-state index contributed by atoms with van der Waals surface area (Å²) in [5.41, 5.74) is -0.382. The number of rotatable bonds is 5. The van der Waals surface area contributed by atoms with Crippen LogP contribution >= 0.6 is 11.6 Å². The average molecular weight is 334 g/mol. The van der Waals surface area contributed by atoms with Crippen molar-refractivity contribution in [1.82, 2.24) is 4.72 Å². The highest BCUT2D eigenvalue weighted by Crippen LogP contribution is 2.28. The van der Waals surface area contributed by atoms with Crippen molar-refractivity contribution >= 4 is 27.6 Å². The van der Waals surface area contributed by atoms with Crippen LogP contribution in [0.2, 0.25) is 5.02 Å². The first-order valence-electron chi connectivity index (χ1n) is 6.34. The van der Waals surface area contributed by atoms with E-state index in [0.29, 0.717) is 13.0 Å². The number of benzene rings is 1. The fourth-order valence-corrected chi connectivity index (χ4v) is 4.31. The van der Waals surface area contributed by atoms with Crippen LogP contribution < -0.4 is 4.72 Å². The maximum Gasteiger partial charge on any atom is 0.305 e. The van der Waals surface area contributed by atoms with Gasteiger partial charge in [0.25, 0.3) is 0 Å². The predicted octanol–water partition coefficient (Wildman–Crippen LogP) is 1.56. The van der Waals surface area contributed by atoms with Gasteiger partial charge < -0.3 is 9.84 Å². The summed E-state index contributed by atoms with van der Waals surface area (Å²) >= 11 is 5.95. The van der Waals surface area contributed by atoms with E-state index in [4.69, 9.17) is 21.4 Å². The van der Waals surface area contributed by atoms with Crippen molar-refractivity contribution in [3.05, 3.63) is 28.8 Å². The maximum atomic E-state index is 12.5. The van der Waals surface area contributed by atoms with E-state index >= 15 is 0 Å². The van der Waals surface area contributed by atoms with Crippen molar-refractivity contribution in [1.29, 1.82) is 0 Å². The molecule has 0 aliphatic carbocycles. The molecule has 6 nitrogen and oxygen atoms in total. The molecule has 1 unspecified atom stereocenters. The minimum Gasteiger partial charge on any atom is -0.481 e. The number of halogens is 1. The second-order valence-corrected chi connectivity index (χ2v) is 7.25. The zero-order valence-corrected chi connectivity index (χ0v) is 13.0. The Morgan fingerprint density at radius 1 is 1.52 bits per heavy atom. The first-order valence-corrected chi connectivity index (χ1v) is 8.20. The van der Waals surface area contributed by atoms with E-state index in [-0.39, 0.29) is 22.9 Å². The molecular weight excluding hydrogens is 318 g/mol. The zero-order valence-electron chi connectivity index (χ0n) is 11.4.